The van der Waals surface area contributed by atoms with E-state index in [9.17, 15) is 4.39 Å². The molecular weight excluding hydrogens is 230 g/mol. The van der Waals surface area contributed by atoms with Crippen molar-refractivity contribution in [2.75, 3.05) is 0 Å². The van der Waals surface area contributed by atoms with Crippen LogP contribution in [0.5, 0.6) is 0 Å². The second-order valence-corrected chi connectivity index (χ2v) is 3.22. The zero-order valence-electron chi connectivity index (χ0n) is 6.67. The normalized spacial score (nSPS) is 10.5. The van der Waals surface area contributed by atoms with Gasteiger partial charge in [-0.3, -0.25) is 0 Å². The Bertz CT molecular complexity index is 472. The third-order valence-electron chi connectivity index (χ3n) is 1.58. The summed E-state index contributed by atoms with van der Waals surface area (Å²) in [6.45, 7) is 0. The predicted octanol–water partition coefficient (Wildman–Crippen LogP) is 3.18. The maximum absolute atomic E-state index is 13.4. The summed E-state index contributed by atoms with van der Waals surface area (Å²) in [4.78, 5) is 3.67. The summed E-state index contributed by atoms with van der Waals surface area (Å²) < 4.78 is 18.1. The van der Waals surface area contributed by atoms with Crippen molar-refractivity contribution >= 4 is 23.2 Å². The summed E-state index contributed by atoms with van der Waals surface area (Å²) >= 11 is 11.0. The number of halogens is 3. The van der Waals surface area contributed by atoms with Crippen molar-refractivity contribution < 1.29 is 8.91 Å². The van der Waals surface area contributed by atoms with Gasteiger partial charge in [0.2, 0.25) is 0 Å². The molecule has 1 aromatic carbocycles. The standard InChI is InChI=1S/C8H3Cl2FN2O/c9-5-3-1-2-4(6(5)11)7-12-8(10)13-14-7/h1-3H. The highest BCUT2D eigenvalue weighted by molar-refractivity contribution is 6.31. The minimum absolute atomic E-state index is 0.00294. The Morgan fingerprint density at radius 3 is 2.71 bits per heavy atom. The quantitative estimate of drug-likeness (QED) is 0.759. The van der Waals surface area contributed by atoms with Crippen LogP contribution >= 0.6 is 23.2 Å². The monoisotopic (exact) mass is 232 g/mol. The van der Waals surface area contributed by atoms with Crippen molar-refractivity contribution in [1.82, 2.24) is 10.1 Å². The first-order valence-corrected chi connectivity index (χ1v) is 4.37. The van der Waals surface area contributed by atoms with E-state index in [1.165, 1.54) is 12.1 Å². The highest BCUT2D eigenvalue weighted by atomic mass is 35.5. The largest absolute Gasteiger partial charge is 0.333 e. The average Bonchev–Trinajstić information content (AvgIpc) is 2.57. The SMILES string of the molecule is Fc1c(Cl)cccc1-c1nc(Cl)no1. The third kappa shape index (κ3) is 1.58. The molecule has 0 aliphatic rings. The fourth-order valence-corrected chi connectivity index (χ4v) is 1.27. The molecule has 0 spiro atoms. The van der Waals surface area contributed by atoms with Gasteiger partial charge in [-0.15, -0.1) is 0 Å². The maximum Gasteiger partial charge on any atom is 0.264 e. The van der Waals surface area contributed by atoms with Gasteiger partial charge in [0.25, 0.3) is 11.2 Å². The minimum atomic E-state index is -0.602. The van der Waals surface area contributed by atoms with Crippen LogP contribution in [0.2, 0.25) is 10.3 Å². The minimum Gasteiger partial charge on any atom is -0.333 e. The van der Waals surface area contributed by atoms with E-state index in [1.54, 1.807) is 6.07 Å². The number of hydrogen-bond acceptors (Lipinski definition) is 3. The predicted molar refractivity (Wildman–Crippen MR) is 49.7 cm³/mol. The molecule has 0 fully saturated rings. The van der Waals surface area contributed by atoms with Gasteiger partial charge in [0.05, 0.1) is 10.6 Å². The second-order valence-electron chi connectivity index (χ2n) is 2.47. The van der Waals surface area contributed by atoms with Crippen LogP contribution < -0.4 is 0 Å². The number of rotatable bonds is 1. The van der Waals surface area contributed by atoms with E-state index >= 15 is 0 Å². The van der Waals surface area contributed by atoms with Gasteiger partial charge in [0.15, 0.2) is 5.82 Å². The molecule has 72 valence electrons. The van der Waals surface area contributed by atoms with Gasteiger partial charge in [-0.25, -0.2) is 4.39 Å². The molecule has 14 heavy (non-hydrogen) atoms. The van der Waals surface area contributed by atoms with Gasteiger partial charge in [0.1, 0.15) is 0 Å². The van der Waals surface area contributed by atoms with Crippen LogP contribution in [0.3, 0.4) is 0 Å². The van der Waals surface area contributed by atoms with Crippen molar-refractivity contribution in [3.05, 3.63) is 34.3 Å². The Morgan fingerprint density at radius 1 is 1.29 bits per heavy atom. The van der Waals surface area contributed by atoms with Crippen LogP contribution in [0.25, 0.3) is 11.5 Å². The summed E-state index contributed by atoms with van der Waals surface area (Å²) in [7, 11) is 0. The van der Waals surface area contributed by atoms with E-state index in [0.717, 1.165) is 0 Å². The molecule has 0 saturated carbocycles. The van der Waals surface area contributed by atoms with E-state index in [0.29, 0.717) is 0 Å². The Balaban J connectivity index is 2.57. The molecule has 0 atom stereocenters. The number of hydrogen-bond donors (Lipinski definition) is 0. The number of nitrogens with zero attached hydrogens (tertiary/aromatic N) is 2. The molecule has 3 nitrogen and oxygen atoms in total. The van der Waals surface area contributed by atoms with Crippen LogP contribution in [-0.2, 0) is 0 Å². The molecule has 0 saturated heterocycles. The van der Waals surface area contributed by atoms with Crippen molar-refractivity contribution in [2.45, 2.75) is 0 Å². The lowest BCUT2D eigenvalue weighted by Crippen LogP contribution is -1.84. The van der Waals surface area contributed by atoms with E-state index in [4.69, 9.17) is 27.7 Å². The van der Waals surface area contributed by atoms with E-state index in [2.05, 4.69) is 10.1 Å². The van der Waals surface area contributed by atoms with Crippen molar-refractivity contribution in [2.24, 2.45) is 0 Å². The molecule has 2 rings (SSSR count). The molecular formula is C8H3Cl2FN2O. The van der Waals surface area contributed by atoms with Crippen LogP contribution in [0.15, 0.2) is 22.7 Å². The fourth-order valence-electron chi connectivity index (χ4n) is 0.984. The molecule has 6 heteroatoms. The van der Waals surface area contributed by atoms with E-state index in [-0.39, 0.29) is 21.8 Å². The van der Waals surface area contributed by atoms with Gasteiger partial charge in [-0.05, 0) is 28.9 Å². The molecule has 0 unspecified atom stereocenters. The topological polar surface area (TPSA) is 38.9 Å². The molecule has 1 aromatic heterocycles. The lowest BCUT2D eigenvalue weighted by atomic mass is 10.2. The zero-order valence-corrected chi connectivity index (χ0v) is 8.18. The van der Waals surface area contributed by atoms with E-state index in [1.807, 2.05) is 0 Å². The van der Waals surface area contributed by atoms with Gasteiger partial charge < -0.3 is 4.52 Å². The molecule has 0 N–H and O–H groups in total. The Hall–Kier alpha value is -1.13. The Kier molecular flexibility index (Phi) is 2.39. The third-order valence-corrected chi connectivity index (χ3v) is 2.03. The van der Waals surface area contributed by atoms with Crippen LogP contribution in [0, 0.1) is 5.82 Å². The average molecular weight is 233 g/mol. The highest BCUT2D eigenvalue weighted by Gasteiger charge is 2.14. The summed E-state index contributed by atoms with van der Waals surface area (Å²) in [6.07, 6.45) is 0. The lowest BCUT2D eigenvalue weighted by molar-refractivity contribution is 0.428. The molecule has 0 aliphatic heterocycles. The molecule has 0 radical (unpaired) electrons. The summed E-state index contributed by atoms with van der Waals surface area (Å²) in [5, 5.41) is 3.26. The van der Waals surface area contributed by atoms with Crippen molar-refractivity contribution in [3.63, 3.8) is 0 Å². The van der Waals surface area contributed by atoms with Crippen LogP contribution in [0.1, 0.15) is 0 Å². The Morgan fingerprint density at radius 2 is 2.07 bits per heavy atom. The molecule has 0 amide bonds. The van der Waals surface area contributed by atoms with Gasteiger partial charge >= 0.3 is 0 Å². The second kappa shape index (κ2) is 3.55. The van der Waals surface area contributed by atoms with Gasteiger partial charge in [0, 0.05) is 0 Å². The first kappa shape index (κ1) is 9.43. The van der Waals surface area contributed by atoms with Crippen LogP contribution in [-0.4, -0.2) is 10.1 Å². The summed E-state index contributed by atoms with van der Waals surface area (Å²) in [5.74, 6) is -0.593. The highest BCUT2D eigenvalue weighted by Crippen LogP contribution is 2.26. The smallest absolute Gasteiger partial charge is 0.264 e. The van der Waals surface area contributed by atoms with E-state index < -0.39 is 5.82 Å². The van der Waals surface area contributed by atoms with Gasteiger partial charge in [-0.1, -0.05) is 17.7 Å². The number of aromatic nitrogens is 2. The Labute approximate surface area is 88.4 Å². The molecule has 0 bridgehead atoms. The van der Waals surface area contributed by atoms with Crippen molar-refractivity contribution in [3.8, 4) is 11.5 Å². The van der Waals surface area contributed by atoms with Gasteiger partial charge in [-0.2, -0.15) is 4.98 Å². The first-order chi connectivity index (χ1) is 6.68. The van der Waals surface area contributed by atoms with Crippen molar-refractivity contribution in [1.29, 1.82) is 0 Å². The first-order valence-electron chi connectivity index (χ1n) is 3.62. The fraction of sp³-hybridized carbons (Fsp3) is 0. The number of benzene rings is 1. The van der Waals surface area contributed by atoms with Crippen LogP contribution in [0.4, 0.5) is 4.39 Å². The molecule has 1 heterocycles. The maximum atomic E-state index is 13.4. The lowest BCUT2D eigenvalue weighted by Gasteiger charge is -1.97. The molecule has 0 aliphatic carbocycles. The summed E-state index contributed by atoms with van der Waals surface area (Å²) in [6, 6.07) is 4.49. The molecule has 2 aromatic rings. The summed E-state index contributed by atoms with van der Waals surface area (Å²) in [5.41, 5.74) is 0.136. The zero-order chi connectivity index (χ0) is 10.1.